The number of para-hydroxylation sites is 2. The van der Waals surface area contributed by atoms with Gasteiger partial charge in [0.2, 0.25) is 0 Å². The van der Waals surface area contributed by atoms with Crippen molar-refractivity contribution >= 4 is 17.5 Å². The molecule has 0 bridgehead atoms. The fraction of sp³-hybridized carbons (Fsp3) is 0.391. The highest BCUT2D eigenvalue weighted by molar-refractivity contribution is 6.06. The summed E-state index contributed by atoms with van der Waals surface area (Å²) in [5, 5.41) is 2.85. The lowest BCUT2D eigenvalue weighted by Gasteiger charge is -2.34. The van der Waals surface area contributed by atoms with E-state index in [9.17, 15) is 9.59 Å². The van der Waals surface area contributed by atoms with Gasteiger partial charge in [0.1, 0.15) is 5.75 Å². The molecule has 0 aromatic heterocycles. The first-order valence-electron chi connectivity index (χ1n) is 9.87. The Balaban J connectivity index is 2.10. The van der Waals surface area contributed by atoms with Crippen LogP contribution in [0.3, 0.4) is 0 Å². The van der Waals surface area contributed by atoms with Gasteiger partial charge in [0, 0.05) is 17.8 Å². The Morgan fingerprint density at radius 1 is 0.929 bits per heavy atom. The average Bonchev–Trinajstić information content (AvgIpc) is 2.72. The molecule has 2 atom stereocenters. The van der Waals surface area contributed by atoms with Crippen LogP contribution in [0.5, 0.6) is 5.75 Å². The summed E-state index contributed by atoms with van der Waals surface area (Å²) in [5.41, 5.74) is 1.11. The quantitative estimate of drug-likeness (QED) is 0.681. The Bertz CT molecular complexity index is 766. The molecule has 0 saturated carbocycles. The molecule has 5 nitrogen and oxygen atoms in total. The molecule has 2 aromatic rings. The number of hydrogen-bond donors (Lipinski definition) is 1. The number of amides is 2. The summed E-state index contributed by atoms with van der Waals surface area (Å²) in [6.07, 6.45) is 1.76. The van der Waals surface area contributed by atoms with Gasteiger partial charge in [-0.2, -0.15) is 0 Å². The molecule has 0 aliphatic heterocycles. The van der Waals surface area contributed by atoms with Crippen molar-refractivity contribution in [3.63, 3.8) is 0 Å². The number of nitrogens with zero attached hydrogens (tertiary/aromatic N) is 1. The number of carbonyl (C=O) groups is 2. The molecule has 0 spiro atoms. The zero-order valence-corrected chi connectivity index (χ0v) is 17.1. The highest BCUT2D eigenvalue weighted by atomic mass is 16.5. The summed E-state index contributed by atoms with van der Waals surface area (Å²) in [6.45, 7) is 8.13. The molecule has 1 N–H and O–H groups in total. The Morgan fingerprint density at radius 3 is 2.11 bits per heavy atom. The van der Waals surface area contributed by atoms with E-state index in [0.29, 0.717) is 17.0 Å². The molecule has 5 heteroatoms. The summed E-state index contributed by atoms with van der Waals surface area (Å²) >= 11 is 0. The van der Waals surface area contributed by atoms with Crippen LogP contribution in [0.1, 0.15) is 50.9 Å². The zero-order valence-electron chi connectivity index (χ0n) is 17.1. The molecule has 0 aliphatic carbocycles. The monoisotopic (exact) mass is 382 g/mol. The predicted molar refractivity (Wildman–Crippen MR) is 113 cm³/mol. The van der Waals surface area contributed by atoms with E-state index in [1.807, 2.05) is 49.1 Å². The highest BCUT2D eigenvalue weighted by Crippen LogP contribution is 2.20. The van der Waals surface area contributed by atoms with Gasteiger partial charge in [-0.3, -0.25) is 9.59 Å². The molecule has 2 rings (SSSR count). The van der Waals surface area contributed by atoms with Crippen LogP contribution in [0.25, 0.3) is 0 Å². The van der Waals surface area contributed by atoms with Crippen LogP contribution in [0.2, 0.25) is 0 Å². The molecule has 2 aromatic carbocycles. The fourth-order valence-corrected chi connectivity index (χ4v) is 3.03. The molecule has 28 heavy (non-hydrogen) atoms. The smallest absolute Gasteiger partial charge is 0.260 e. The SMILES string of the molecule is CC[C@@H](C)N(C(=O)COc1ccccc1C(=O)Nc1ccccc1)[C@@H](C)CC. The van der Waals surface area contributed by atoms with E-state index in [1.54, 1.807) is 24.3 Å². The standard InChI is InChI=1S/C23H30N2O3/c1-5-17(3)25(18(4)6-2)22(26)16-28-21-15-11-10-14-20(21)23(27)24-19-12-8-7-9-13-19/h7-15,17-18H,5-6,16H2,1-4H3,(H,24,27)/t17-,18+. The summed E-state index contributed by atoms with van der Waals surface area (Å²) in [7, 11) is 0. The Labute approximate surface area is 167 Å². The molecule has 0 unspecified atom stereocenters. The van der Waals surface area contributed by atoms with Gasteiger partial charge in [-0.1, -0.05) is 44.2 Å². The van der Waals surface area contributed by atoms with Gasteiger partial charge in [-0.15, -0.1) is 0 Å². The third-order valence-corrected chi connectivity index (χ3v) is 4.93. The highest BCUT2D eigenvalue weighted by Gasteiger charge is 2.24. The average molecular weight is 383 g/mol. The Morgan fingerprint density at radius 2 is 1.50 bits per heavy atom. The van der Waals surface area contributed by atoms with Gasteiger partial charge < -0.3 is 15.0 Å². The molecular weight excluding hydrogens is 352 g/mol. The number of hydrogen-bond acceptors (Lipinski definition) is 3. The van der Waals surface area contributed by atoms with Crippen LogP contribution >= 0.6 is 0 Å². The third kappa shape index (κ3) is 5.59. The molecule has 0 fully saturated rings. The minimum atomic E-state index is -0.269. The lowest BCUT2D eigenvalue weighted by molar-refractivity contribution is -0.137. The number of carbonyl (C=O) groups excluding carboxylic acids is 2. The van der Waals surface area contributed by atoms with Gasteiger partial charge in [0.25, 0.3) is 11.8 Å². The van der Waals surface area contributed by atoms with Gasteiger partial charge in [-0.05, 0) is 51.0 Å². The fourth-order valence-electron chi connectivity index (χ4n) is 3.03. The number of anilines is 1. The molecule has 0 saturated heterocycles. The first-order valence-corrected chi connectivity index (χ1v) is 9.87. The number of ether oxygens (including phenoxy) is 1. The van der Waals surface area contributed by atoms with Gasteiger partial charge in [-0.25, -0.2) is 0 Å². The van der Waals surface area contributed by atoms with Crippen molar-refractivity contribution in [2.24, 2.45) is 0 Å². The van der Waals surface area contributed by atoms with Crippen molar-refractivity contribution in [3.05, 3.63) is 60.2 Å². The van der Waals surface area contributed by atoms with E-state index in [4.69, 9.17) is 4.74 Å². The molecule has 2 amide bonds. The normalized spacial score (nSPS) is 12.7. The number of benzene rings is 2. The minimum Gasteiger partial charge on any atom is -0.483 e. The second-order valence-corrected chi connectivity index (χ2v) is 6.92. The van der Waals surface area contributed by atoms with Crippen molar-refractivity contribution < 1.29 is 14.3 Å². The van der Waals surface area contributed by atoms with Crippen LogP contribution in [-0.4, -0.2) is 35.4 Å². The third-order valence-electron chi connectivity index (χ3n) is 4.93. The predicted octanol–water partition coefficient (Wildman–Crippen LogP) is 4.74. The van der Waals surface area contributed by atoms with Crippen molar-refractivity contribution in [2.45, 2.75) is 52.6 Å². The maximum atomic E-state index is 12.8. The molecule has 150 valence electrons. The van der Waals surface area contributed by atoms with E-state index >= 15 is 0 Å². The Hall–Kier alpha value is -2.82. The Kier molecular flexibility index (Phi) is 8.05. The minimum absolute atomic E-state index is 0.0676. The number of rotatable bonds is 9. The first kappa shape index (κ1) is 21.5. The van der Waals surface area contributed by atoms with E-state index < -0.39 is 0 Å². The molecule has 0 radical (unpaired) electrons. The van der Waals surface area contributed by atoms with Crippen LogP contribution in [0.4, 0.5) is 5.69 Å². The lowest BCUT2D eigenvalue weighted by atomic mass is 10.1. The van der Waals surface area contributed by atoms with E-state index in [2.05, 4.69) is 19.2 Å². The summed E-state index contributed by atoms with van der Waals surface area (Å²) in [6, 6.07) is 16.5. The second kappa shape index (κ2) is 10.5. The van der Waals surface area contributed by atoms with Gasteiger partial charge >= 0.3 is 0 Å². The van der Waals surface area contributed by atoms with Crippen molar-refractivity contribution in [1.82, 2.24) is 4.90 Å². The number of nitrogens with one attached hydrogen (secondary N) is 1. The lowest BCUT2D eigenvalue weighted by Crippen LogP contribution is -2.46. The summed E-state index contributed by atoms with van der Waals surface area (Å²) in [4.78, 5) is 27.3. The van der Waals surface area contributed by atoms with Crippen LogP contribution in [-0.2, 0) is 4.79 Å². The molecule has 0 aliphatic rings. The molecule has 0 heterocycles. The maximum Gasteiger partial charge on any atom is 0.260 e. The van der Waals surface area contributed by atoms with E-state index in [0.717, 1.165) is 12.8 Å². The second-order valence-electron chi connectivity index (χ2n) is 6.92. The van der Waals surface area contributed by atoms with Gasteiger partial charge in [0.05, 0.1) is 5.56 Å². The van der Waals surface area contributed by atoms with E-state index in [1.165, 1.54) is 0 Å². The van der Waals surface area contributed by atoms with Crippen LogP contribution in [0.15, 0.2) is 54.6 Å². The summed E-state index contributed by atoms with van der Waals surface area (Å²) < 4.78 is 5.78. The van der Waals surface area contributed by atoms with Crippen LogP contribution < -0.4 is 10.1 Å². The first-order chi connectivity index (χ1) is 13.5. The van der Waals surface area contributed by atoms with E-state index in [-0.39, 0.29) is 30.5 Å². The van der Waals surface area contributed by atoms with Gasteiger partial charge in [0.15, 0.2) is 6.61 Å². The topological polar surface area (TPSA) is 58.6 Å². The zero-order chi connectivity index (χ0) is 20.5. The van der Waals surface area contributed by atoms with Crippen molar-refractivity contribution in [2.75, 3.05) is 11.9 Å². The van der Waals surface area contributed by atoms with Crippen LogP contribution in [0, 0.1) is 0 Å². The maximum absolute atomic E-state index is 12.8. The van der Waals surface area contributed by atoms with Crippen molar-refractivity contribution in [1.29, 1.82) is 0 Å². The molecular formula is C23H30N2O3. The largest absolute Gasteiger partial charge is 0.483 e. The van der Waals surface area contributed by atoms with Crippen molar-refractivity contribution in [3.8, 4) is 5.75 Å². The summed E-state index contributed by atoms with van der Waals surface area (Å²) in [5.74, 6) is 0.0643.